The number of imidazole rings is 1. The number of carboxylic acid groups (broad SMARTS) is 1. The van der Waals surface area contributed by atoms with Crippen molar-refractivity contribution >= 4 is 39.5 Å². The number of hydrogen-bond acceptors (Lipinski definition) is 2. The van der Waals surface area contributed by atoms with E-state index in [1.165, 1.54) is 0 Å². The van der Waals surface area contributed by atoms with E-state index in [0.717, 1.165) is 38.8 Å². The molecule has 7 heteroatoms. The van der Waals surface area contributed by atoms with Gasteiger partial charge in [0.15, 0.2) is 0 Å². The molecule has 3 aromatic carbocycles. The molecular weight excluding hydrogens is 462 g/mol. The quantitative estimate of drug-likeness (QED) is 0.298. The van der Waals surface area contributed by atoms with Crippen molar-refractivity contribution in [3.05, 3.63) is 105 Å². The lowest BCUT2D eigenvalue weighted by Gasteiger charge is -2.18. The first-order valence-electron chi connectivity index (χ1n) is 11.5. The number of aromatic amines is 1. The summed E-state index contributed by atoms with van der Waals surface area (Å²) < 4.78 is 3.35. The Morgan fingerprint density at radius 2 is 1.63 bits per heavy atom. The number of aryl methyl sites for hydroxylation is 2. The molecule has 5 rings (SSSR count). The van der Waals surface area contributed by atoms with Crippen LogP contribution in [0.3, 0.4) is 0 Å². The molecule has 0 spiro atoms. The predicted molar refractivity (Wildman–Crippen MR) is 140 cm³/mol. The molecule has 0 aliphatic rings. The summed E-state index contributed by atoms with van der Waals surface area (Å²) in [5.74, 6) is -0.968. The third-order valence-electron chi connectivity index (χ3n) is 6.93. The number of carbonyl (C=O) groups is 1. The zero-order valence-electron chi connectivity index (χ0n) is 19.7. The molecule has 0 saturated carbocycles. The molecule has 0 saturated heterocycles. The lowest BCUT2D eigenvalue weighted by Crippen LogP contribution is -2.31. The second-order valence-electron chi connectivity index (χ2n) is 9.00. The smallest absolute Gasteiger partial charge is 0.330 e. The monoisotopic (exact) mass is 487 g/mol. The van der Waals surface area contributed by atoms with Crippen LogP contribution in [0.1, 0.15) is 47.8 Å². The molecule has 5 aromatic rings. The van der Waals surface area contributed by atoms with E-state index in [-0.39, 0.29) is 18.2 Å². The standard InChI is InChI=1S/C28H26ClN3O3/c1-16-17(2)30-27-21(16)13-20(29)14-22(27)18(3)31-23-11-7-8-12-24(23)32(28(31)35)25(15-26(33)34)19-9-5-4-6-10-19/h4-14,18,25,30H,15H2,1-3H3,(H,33,34). The number of rotatable bonds is 6. The molecule has 0 bridgehead atoms. The van der Waals surface area contributed by atoms with E-state index >= 15 is 0 Å². The molecule has 2 N–H and O–H groups in total. The van der Waals surface area contributed by atoms with Crippen LogP contribution in [-0.4, -0.2) is 25.2 Å². The first-order chi connectivity index (χ1) is 16.8. The van der Waals surface area contributed by atoms with Crippen LogP contribution in [0.4, 0.5) is 0 Å². The Bertz CT molecular complexity index is 1630. The zero-order valence-corrected chi connectivity index (χ0v) is 20.5. The van der Waals surface area contributed by atoms with E-state index in [4.69, 9.17) is 11.6 Å². The summed E-state index contributed by atoms with van der Waals surface area (Å²) in [5.41, 5.74) is 5.97. The summed E-state index contributed by atoms with van der Waals surface area (Å²) in [4.78, 5) is 29.4. The summed E-state index contributed by atoms with van der Waals surface area (Å²) in [6.07, 6.45) is -0.206. The summed E-state index contributed by atoms with van der Waals surface area (Å²) in [6, 6.07) is 19.7. The Balaban J connectivity index is 1.78. The molecule has 0 amide bonds. The Kier molecular flexibility index (Phi) is 5.77. The minimum absolute atomic E-state index is 0.206. The number of nitrogens with zero attached hydrogens (tertiary/aromatic N) is 2. The van der Waals surface area contributed by atoms with Gasteiger partial charge >= 0.3 is 11.7 Å². The maximum Gasteiger partial charge on any atom is 0.330 e. The van der Waals surface area contributed by atoms with Gasteiger partial charge in [0, 0.05) is 21.7 Å². The molecule has 0 aliphatic carbocycles. The Morgan fingerprint density at radius 1 is 1.00 bits per heavy atom. The van der Waals surface area contributed by atoms with E-state index in [2.05, 4.69) is 4.98 Å². The summed E-state index contributed by atoms with van der Waals surface area (Å²) in [7, 11) is 0. The number of aromatic nitrogens is 3. The van der Waals surface area contributed by atoms with Gasteiger partial charge in [-0.1, -0.05) is 54.1 Å². The minimum atomic E-state index is -0.968. The summed E-state index contributed by atoms with van der Waals surface area (Å²) in [6.45, 7) is 6.04. The molecular formula is C28H26ClN3O3. The van der Waals surface area contributed by atoms with Gasteiger partial charge in [-0.2, -0.15) is 0 Å². The molecule has 2 unspecified atom stereocenters. The number of fused-ring (bicyclic) bond motifs is 2. The topological polar surface area (TPSA) is 80.0 Å². The van der Waals surface area contributed by atoms with Crippen molar-refractivity contribution in [2.24, 2.45) is 0 Å². The number of hydrogen-bond donors (Lipinski definition) is 2. The van der Waals surface area contributed by atoms with Gasteiger partial charge in [-0.05, 0) is 56.2 Å². The first-order valence-corrected chi connectivity index (χ1v) is 11.9. The highest BCUT2D eigenvalue weighted by molar-refractivity contribution is 6.31. The van der Waals surface area contributed by atoms with Gasteiger partial charge in [0.05, 0.1) is 35.1 Å². The van der Waals surface area contributed by atoms with Crippen molar-refractivity contribution in [1.29, 1.82) is 0 Å². The van der Waals surface area contributed by atoms with Crippen LogP contribution in [0, 0.1) is 13.8 Å². The molecule has 0 radical (unpaired) electrons. The highest BCUT2D eigenvalue weighted by Crippen LogP contribution is 2.34. The third kappa shape index (κ3) is 3.84. The zero-order chi connectivity index (χ0) is 24.9. The second-order valence-corrected chi connectivity index (χ2v) is 9.44. The number of benzene rings is 3. The normalized spacial score (nSPS) is 13.4. The van der Waals surface area contributed by atoms with Crippen LogP contribution < -0.4 is 5.69 Å². The van der Waals surface area contributed by atoms with Crippen molar-refractivity contribution in [3.8, 4) is 0 Å². The van der Waals surface area contributed by atoms with Crippen molar-refractivity contribution < 1.29 is 9.90 Å². The third-order valence-corrected chi connectivity index (χ3v) is 7.15. The minimum Gasteiger partial charge on any atom is -0.481 e. The van der Waals surface area contributed by atoms with E-state index in [1.54, 1.807) is 9.13 Å². The maximum absolute atomic E-state index is 14.1. The van der Waals surface area contributed by atoms with E-state index in [1.807, 2.05) is 87.5 Å². The molecule has 35 heavy (non-hydrogen) atoms. The average molecular weight is 488 g/mol. The molecule has 2 atom stereocenters. The molecule has 2 heterocycles. The number of aliphatic carboxylic acids is 1. The number of halogens is 1. The molecule has 0 aliphatic heterocycles. The number of para-hydroxylation sites is 2. The number of H-pyrrole nitrogens is 1. The highest BCUT2D eigenvalue weighted by atomic mass is 35.5. The lowest BCUT2D eigenvalue weighted by atomic mass is 10.0. The summed E-state index contributed by atoms with van der Waals surface area (Å²) >= 11 is 6.52. The van der Waals surface area contributed by atoms with Gasteiger partial charge in [-0.25, -0.2) is 4.79 Å². The fourth-order valence-electron chi connectivity index (χ4n) is 5.08. The van der Waals surface area contributed by atoms with Crippen LogP contribution in [0.2, 0.25) is 5.02 Å². The van der Waals surface area contributed by atoms with Crippen molar-refractivity contribution in [2.75, 3.05) is 0 Å². The molecule has 0 fully saturated rings. The van der Waals surface area contributed by atoms with Gasteiger partial charge in [0.1, 0.15) is 0 Å². The Labute approximate surface area is 207 Å². The van der Waals surface area contributed by atoms with Crippen LogP contribution in [0.5, 0.6) is 0 Å². The Hall–Kier alpha value is -3.77. The van der Waals surface area contributed by atoms with E-state index in [9.17, 15) is 14.7 Å². The average Bonchev–Trinajstić information content (AvgIpc) is 3.29. The van der Waals surface area contributed by atoms with Crippen LogP contribution in [0.25, 0.3) is 21.9 Å². The number of nitrogens with one attached hydrogen (secondary N) is 1. The van der Waals surface area contributed by atoms with Gasteiger partial charge in [-0.15, -0.1) is 0 Å². The van der Waals surface area contributed by atoms with Crippen LogP contribution in [0.15, 0.2) is 71.5 Å². The van der Waals surface area contributed by atoms with Gasteiger partial charge < -0.3 is 10.1 Å². The fraction of sp³-hybridized carbons (Fsp3) is 0.214. The first kappa shape index (κ1) is 23.0. The van der Waals surface area contributed by atoms with Crippen molar-refractivity contribution in [3.63, 3.8) is 0 Å². The number of carboxylic acids is 1. The van der Waals surface area contributed by atoms with E-state index in [0.29, 0.717) is 10.5 Å². The highest BCUT2D eigenvalue weighted by Gasteiger charge is 2.27. The van der Waals surface area contributed by atoms with Crippen LogP contribution in [-0.2, 0) is 4.79 Å². The SMILES string of the molecule is Cc1[nH]c2c(C(C)n3c(=O)n(C(CC(=O)O)c4ccccc4)c4ccccc43)cc(Cl)cc2c1C. The second kappa shape index (κ2) is 8.78. The van der Waals surface area contributed by atoms with E-state index < -0.39 is 12.0 Å². The van der Waals surface area contributed by atoms with Crippen LogP contribution >= 0.6 is 11.6 Å². The van der Waals surface area contributed by atoms with Gasteiger partial charge in [0.2, 0.25) is 0 Å². The molecule has 6 nitrogen and oxygen atoms in total. The van der Waals surface area contributed by atoms with Gasteiger partial charge in [-0.3, -0.25) is 13.9 Å². The van der Waals surface area contributed by atoms with Crippen molar-refractivity contribution in [1.82, 2.24) is 14.1 Å². The fourth-order valence-corrected chi connectivity index (χ4v) is 5.31. The van der Waals surface area contributed by atoms with Gasteiger partial charge in [0.25, 0.3) is 0 Å². The predicted octanol–water partition coefficient (Wildman–Crippen LogP) is 6.23. The Morgan fingerprint density at radius 3 is 2.29 bits per heavy atom. The summed E-state index contributed by atoms with van der Waals surface area (Å²) in [5, 5.41) is 11.3. The van der Waals surface area contributed by atoms with Crippen molar-refractivity contribution in [2.45, 2.75) is 39.3 Å². The molecule has 2 aromatic heterocycles. The molecule has 178 valence electrons. The lowest BCUT2D eigenvalue weighted by molar-refractivity contribution is -0.137. The largest absolute Gasteiger partial charge is 0.481 e. The maximum atomic E-state index is 14.1.